The molecule has 0 aromatic heterocycles. The van der Waals surface area contributed by atoms with E-state index in [1.54, 1.807) is 5.56 Å². The Hall–Kier alpha value is -1.60. The van der Waals surface area contributed by atoms with Crippen LogP contribution in [0.3, 0.4) is 0 Å². The number of hydrogen-bond donors (Lipinski definition) is 1. The maximum absolute atomic E-state index is 3.70. The van der Waals surface area contributed by atoms with Gasteiger partial charge in [0.1, 0.15) is 0 Å². The number of benzene rings is 2. The predicted molar refractivity (Wildman–Crippen MR) is 89.6 cm³/mol. The van der Waals surface area contributed by atoms with Crippen molar-refractivity contribution < 1.29 is 0 Å². The van der Waals surface area contributed by atoms with Gasteiger partial charge in [-0.3, -0.25) is 0 Å². The zero-order valence-corrected chi connectivity index (χ0v) is 13.3. The van der Waals surface area contributed by atoms with Crippen molar-refractivity contribution in [1.29, 1.82) is 0 Å². The van der Waals surface area contributed by atoms with Crippen LogP contribution in [0.4, 0.5) is 0 Å². The Bertz CT molecular complexity index is 625. The van der Waals surface area contributed by atoms with E-state index in [1.165, 1.54) is 35.1 Å². The van der Waals surface area contributed by atoms with E-state index in [-0.39, 0.29) is 0 Å². The molecule has 21 heavy (non-hydrogen) atoms. The van der Waals surface area contributed by atoms with Gasteiger partial charge < -0.3 is 5.32 Å². The molecule has 2 aromatic carbocycles. The first-order valence-corrected chi connectivity index (χ1v) is 8.03. The topological polar surface area (TPSA) is 12.0 Å². The van der Waals surface area contributed by atoms with Gasteiger partial charge in [0.2, 0.25) is 0 Å². The summed E-state index contributed by atoms with van der Waals surface area (Å²) in [5.74, 6) is 0.819. The Morgan fingerprint density at radius 1 is 1.10 bits per heavy atom. The van der Waals surface area contributed by atoms with Gasteiger partial charge in [-0.15, -0.1) is 0 Å². The van der Waals surface area contributed by atoms with Gasteiger partial charge in [0.25, 0.3) is 0 Å². The van der Waals surface area contributed by atoms with Gasteiger partial charge in [-0.1, -0.05) is 48.0 Å². The van der Waals surface area contributed by atoms with E-state index in [4.69, 9.17) is 0 Å². The second kappa shape index (κ2) is 6.03. The molecule has 2 aromatic rings. The standard InChI is InChI=1S/C20H25N/c1-14-8-11-19(15(2)12-14)16(3)21-13-18-6-4-5-7-20(18)17-9-10-17/h4-8,11-12,16-17,21H,9-10,13H2,1-3H3. The number of rotatable bonds is 5. The molecule has 0 aliphatic heterocycles. The fourth-order valence-corrected chi connectivity index (χ4v) is 3.17. The second-order valence-electron chi connectivity index (χ2n) is 6.44. The lowest BCUT2D eigenvalue weighted by molar-refractivity contribution is 0.570. The van der Waals surface area contributed by atoms with E-state index in [1.807, 2.05) is 0 Å². The molecule has 1 aliphatic rings. The van der Waals surface area contributed by atoms with E-state index >= 15 is 0 Å². The van der Waals surface area contributed by atoms with Crippen LogP contribution in [0, 0.1) is 13.8 Å². The molecule has 1 unspecified atom stereocenters. The molecule has 3 rings (SSSR count). The van der Waals surface area contributed by atoms with Crippen LogP contribution in [0.1, 0.15) is 59.5 Å². The highest BCUT2D eigenvalue weighted by atomic mass is 14.9. The van der Waals surface area contributed by atoms with Gasteiger partial charge in [0.15, 0.2) is 0 Å². The summed E-state index contributed by atoms with van der Waals surface area (Å²) in [7, 11) is 0. The average Bonchev–Trinajstić information content (AvgIpc) is 3.29. The highest BCUT2D eigenvalue weighted by molar-refractivity contribution is 5.35. The van der Waals surface area contributed by atoms with Crippen molar-refractivity contribution in [2.24, 2.45) is 0 Å². The van der Waals surface area contributed by atoms with Crippen LogP contribution in [0.2, 0.25) is 0 Å². The van der Waals surface area contributed by atoms with Gasteiger partial charge in [0, 0.05) is 12.6 Å². The fraction of sp³-hybridized carbons (Fsp3) is 0.400. The zero-order valence-electron chi connectivity index (χ0n) is 13.3. The molecular weight excluding hydrogens is 254 g/mol. The molecular formula is C20H25N. The summed E-state index contributed by atoms with van der Waals surface area (Å²) in [6.07, 6.45) is 2.73. The third kappa shape index (κ3) is 3.36. The van der Waals surface area contributed by atoms with Crippen molar-refractivity contribution in [3.8, 4) is 0 Å². The van der Waals surface area contributed by atoms with E-state index in [2.05, 4.69) is 68.6 Å². The van der Waals surface area contributed by atoms with E-state index in [9.17, 15) is 0 Å². The van der Waals surface area contributed by atoms with Crippen molar-refractivity contribution in [3.63, 3.8) is 0 Å². The van der Waals surface area contributed by atoms with Crippen molar-refractivity contribution in [2.45, 2.75) is 52.1 Å². The minimum Gasteiger partial charge on any atom is -0.306 e. The Morgan fingerprint density at radius 2 is 1.86 bits per heavy atom. The summed E-state index contributed by atoms with van der Waals surface area (Å²) < 4.78 is 0. The molecule has 1 saturated carbocycles. The summed E-state index contributed by atoms with van der Waals surface area (Å²) in [5, 5.41) is 3.70. The highest BCUT2D eigenvalue weighted by Crippen LogP contribution is 2.41. The third-order valence-electron chi connectivity index (χ3n) is 4.56. The monoisotopic (exact) mass is 279 g/mol. The van der Waals surface area contributed by atoms with Crippen molar-refractivity contribution in [2.75, 3.05) is 0 Å². The van der Waals surface area contributed by atoms with Crippen LogP contribution in [-0.2, 0) is 6.54 Å². The molecule has 1 aliphatic carbocycles. The molecule has 1 nitrogen and oxygen atoms in total. The van der Waals surface area contributed by atoms with Crippen LogP contribution < -0.4 is 5.32 Å². The van der Waals surface area contributed by atoms with Crippen LogP contribution in [0.15, 0.2) is 42.5 Å². The van der Waals surface area contributed by atoms with Gasteiger partial charge in [-0.05, 0) is 61.8 Å². The van der Waals surface area contributed by atoms with Crippen molar-refractivity contribution >= 4 is 0 Å². The molecule has 1 N–H and O–H groups in total. The molecule has 0 heterocycles. The summed E-state index contributed by atoms with van der Waals surface area (Å²) in [5.41, 5.74) is 7.15. The summed E-state index contributed by atoms with van der Waals surface area (Å²) in [6.45, 7) is 7.58. The first-order chi connectivity index (χ1) is 10.1. The van der Waals surface area contributed by atoms with Crippen molar-refractivity contribution in [1.82, 2.24) is 5.32 Å². The van der Waals surface area contributed by atoms with Gasteiger partial charge in [0.05, 0.1) is 0 Å². The summed E-state index contributed by atoms with van der Waals surface area (Å²) >= 11 is 0. The van der Waals surface area contributed by atoms with Crippen molar-refractivity contribution in [3.05, 3.63) is 70.3 Å². The number of nitrogens with one attached hydrogen (secondary N) is 1. The Labute approximate surface area is 128 Å². The molecule has 0 bridgehead atoms. The average molecular weight is 279 g/mol. The fourth-order valence-electron chi connectivity index (χ4n) is 3.17. The lowest BCUT2D eigenvalue weighted by atomic mass is 9.99. The number of aryl methyl sites for hydroxylation is 2. The normalized spacial score (nSPS) is 16.0. The molecule has 0 spiro atoms. The van der Waals surface area contributed by atoms with Crippen LogP contribution in [0.5, 0.6) is 0 Å². The molecule has 1 heteroatoms. The quantitative estimate of drug-likeness (QED) is 0.809. The summed E-state index contributed by atoms with van der Waals surface area (Å²) in [4.78, 5) is 0. The number of hydrogen-bond acceptors (Lipinski definition) is 1. The van der Waals surface area contributed by atoms with Gasteiger partial charge >= 0.3 is 0 Å². The predicted octanol–water partition coefficient (Wildman–Crippen LogP) is 5.03. The maximum Gasteiger partial charge on any atom is 0.0297 e. The first kappa shape index (κ1) is 14.3. The molecule has 1 atom stereocenters. The second-order valence-corrected chi connectivity index (χ2v) is 6.44. The molecule has 0 amide bonds. The minimum absolute atomic E-state index is 0.387. The third-order valence-corrected chi connectivity index (χ3v) is 4.56. The van der Waals surface area contributed by atoms with Crippen LogP contribution >= 0.6 is 0 Å². The minimum atomic E-state index is 0.387. The largest absolute Gasteiger partial charge is 0.306 e. The van der Waals surface area contributed by atoms with E-state index in [0.29, 0.717) is 6.04 Å². The highest BCUT2D eigenvalue weighted by Gasteiger charge is 2.25. The molecule has 110 valence electrons. The van der Waals surface area contributed by atoms with E-state index < -0.39 is 0 Å². The Balaban J connectivity index is 1.70. The van der Waals surface area contributed by atoms with Gasteiger partial charge in [-0.25, -0.2) is 0 Å². The maximum atomic E-state index is 3.70. The zero-order chi connectivity index (χ0) is 14.8. The molecule has 1 fully saturated rings. The first-order valence-electron chi connectivity index (χ1n) is 8.03. The Kier molecular flexibility index (Phi) is 4.12. The molecule has 0 saturated heterocycles. The smallest absolute Gasteiger partial charge is 0.0297 e. The lowest BCUT2D eigenvalue weighted by Crippen LogP contribution is -2.19. The summed E-state index contributed by atoms with van der Waals surface area (Å²) in [6, 6.07) is 16.0. The Morgan fingerprint density at radius 3 is 2.57 bits per heavy atom. The SMILES string of the molecule is Cc1ccc(C(C)NCc2ccccc2C2CC2)c(C)c1. The van der Waals surface area contributed by atoms with Crippen LogP contribution in [0.25, 0.3) is 0 Å². The van der Waals surface area contributed by atoms with E-state index in [0.717, 1.165) is 12.5 Å². The van der Waals surface area contributed by atoms with Crippen LogP contribution in [-0.4, -0.2) is 0 Å². The lowest BCUT2D eigenvalue weighted by Gasteiger charge is -2.18. The van der Waals surface area contributed by atoms with Gasteiger partial charge in [-0.2, -0.15) is 0 Å². The molecule has 0 radical (unpaired) electrons.